The van der Waals surface area contributed by atoms with Crippen molar-refractivity contribution in [3.8, 4) is 5.75 Å². The van der Waals surface area contributed by atoms with Gasteiger partial charge in [0, 0.05) is 0 Å². The summed E-state index contributed by atoms with van der Waals surface area (Å²) >= 11 is 0. The molecule has 0 aliphatic carbocycles. The zero-order chi connectivity index (χ0) is 14.8. The van der Waals surface area contributed by atoms with Gasteiger partial charge in [0.25, 0.3) is 0 Å². The van der Waals surface area contributed by atoms with Gasteiger partial charge in [-0.15, -0.1) is 0 Å². The maximum absolute atomic E-state index is 13.2. The number of nitrogens with two attached hydrogens (primary N) is 1. The number of carbonyl (C=O) groups excluding carboxylic acids is 1. The number of pyridine rings is 1. The average Bonchev–Trinajstić information content (AvgIpc) is 2.78. The van der Waals surface area contributed by atoms with Crippen molar-refractivity contribution in [2.24, 2.45) is 0 Å². The van der Waals surface area contributed by atoms with E-state index >= 15 is 0 Å². The number of aromatic amines is 1. The highest BCUT2D eigenvalue weighted by Crippen LogP contribution is 2.26. The molecule has 20 heavy (non-hydrogen) atoms. The molecule has 2 aromatic rings. The van der Waals surface area contributed by atoms with Gasteiger partial charge in [-0.25, -0.2) is 9.37 Å². The van der Waals surface area contributed by atoms with Crippen molar-refractivity contribution < 1.29 is 13.9 Å². The van der Waals surface area contributed by atoms with Crippen LogP contribution < -0.4 is 15.8 Å². The summed E-state index contributed by atoms with van der Waals surface area (Å²) in [5.74, 6) is 0.232. The molecule has 0 aliphatic heterocycles. The molecule has 0 saturated heterocycles. The number of hydrogen-bond acceptors (Lipinski definition) is 6. The van der Waals surface area contributed by atoms with Crippen molar-refractivity contribution in [1.29, 1.82) is 0 Å². The number of nitrogens with zero attached hydrogens (tertiary/aromatic N) is 2. The molecule has 0 unspecified atom stereocenters. The van der Waals surface area contributed by atoms with Crippen molar-refractivity contribution in [3.63, 3.8) is 0 Å². The highest BCUT2D eigenvalue weighted by atomic mass is 19.1. The number of ether oxygens (including phenoxy) is 1. The minimum atomic E-state index is -1.000. The highest BCUT2D eigenvalue weighted by molar-refractivity contribution is 5.63. The van der Waals surface area contributed by atoms with Crippen LogP contribution in [0.2, 0.25) is 0 Å². The first-order valence-corrected chi connectivity index (χ1v) is 5.79. The highest BCUT2D eigenvalue weighted by Gasteiger charge is 2.20. The van der Waals surface area contributed by atoms with E-state index in [1.807, 2.05) is 0 Å². The normalized spacial score (nSPS) is 11.2. The first-order chi connectivity index (χ1) is 9.41. The lowest BCUT2D eigenvalue weighted by molar-refractivity contribution is -0.118. The molecule has 0 saturated carbocycles. The predicted octanol–water partition coefficient (Wildman–Crippen LogP) is 1.63. The minimum absolute atomic E-state index is 0.0822. The van der Waals surface area contributed by atoms with Crippen LogP contribution in [0.5, 0.6) is 5.75 Å². The van der Waals surface area contributed by atoms with Gasteiger partial charge in [-0.1, -0.05) is 0 Å². The predicted molar refractivity (Wildman–Crippen MR) is 71.2 cm³/mol. The van der Waals surface area contributed by atoms with Crippen molar-refractivity contribution in [2.75, 3.05) is 11.1 Å². The first kappa shape index (κ1) is 13.8. The number of aldehydes is 1. The molecule has 2 rings (SSSR count). The van der Waals surface area contributed by atoms with Crippen LogP contribution in [0.1, 0.15) is 13.8 Å². The number of carbonyl (C=O) groups is 1. The maximum Gasteiger partial charge on any atom is 0.185 e. The number of hydrogen-bond donors (Lipinski definition) is 3. The van der Waals surface area contributed by atoms with Crippen molar-refractivity contribution in [1.82, 2.24) is 15.2 Å². The van der Waals surface area contributed by atoms with Gasteiger partial charge in [0.05, 0.1) is 6.20 Å². The Labute approximate surface area is 114 Å². The number of nitrogens with one attached hydrogen (secondary N) is 2. The Morgan fingerprint density at radius 2 is 2.25 bits per heavy atom. The van der Waals surface area contributed by atoms with Gasteiger partial charge in [0.15, 0.2) is 35.1 Å². The zero-order valence-electron chi connectivity index (χ0n) is 11.0. The van der Waals surface area contributed by atoms with Crippen LogP contribution in [0.15, 0.2) is 18.3 Å². The molecule has 8 heteroatoms. The van der Waals surface area contributed by atoms with Crippen molar-refractivity contribution in [3.05, 3.63) is 24.1 Å². The fraction of sp³-hybridized carbons (Fsp3) is 0.250. The quantitative estimate of drug-likeness (QED) is 0.718. The smallest absolute Gasteiger partial charge is 0.185 e. The average molecular weight is 279 g/mol. The molecular weight excluding hydrogens is 265 g/mol. The SMILES string of the molecule is CC(C)(C=O)Oc1ccc(Nc2[nH]ncc2F)nc1N. The molecule has 0 radical (unpaired) electrons. The Kier molecular flexibility index (Phi) is 3.55. The molecule has 4 N–H and O–H groups in total. The van der Waals surface area contributed by atoms with Crippen LogP contribution in [-0.2, 0) is 4.79 Å². The third-order valence-electron chi connectivity index (χ3n) is 2.39. The van der Waals surface area contributed by atoms with E-state index in [1.165, 1.54) is 0 Å². The zero-order valence-corrected chi connectivity index (χ0v) is 11.0. The number of anilines is 3. The van der Waals surface area contributed by atoms with Gasteiger partial charge < -0.3 is 15.8 Å². The van der Waals surface area contributed by atoms with E-state index in [4.69, 9.17) is 10.5 Å². The van der Waals surface area contributed by atoms with Crippen LogP contribution in [0.25, 0.3) is 0 Å². The Morgan fingerprint density at radius 1 is 1.50 bits per heavy atom. The Hall–Kier alpha value is -2.64. The molecule has 0 fully saturated rings. The summed E-state index contributed by atoms with van der Waals surface area (Å²) in [5.41, 5.74) is 4.74. The molecule has 0 spiro atoms. The van der Waals surface area contributed by atoms with Gasteiger partial charge in [0.2, 0.25) is 0 Å². The Bertz CT molecular complexity index is 626. The maximum atomic E-state index is 13.2. The number of H-pyrrole nitrogens is 1. The molecule has 0 atom stereocenters. The molecule has 0 amide bonds. The van der Waals surface area contributed by atoms with Crippen LogP contribution in [0.3, 0.4) is 0 Å². The monoisotopic (exact) mass is 279 g/mol. The van der Waals surface area contributed by atoms with Crippen molar-refractivity contribution >= 4 is 23.7 Å². The topological polar surface area (TPSA) is 106 Å². The van der Waals surface area contributed by atoms with Crippen LogP contribution in [0.4, 0.5) is 21.8 Å². The fourth-order valence-electron chi connectivity index (χ4n) is 1.41. The molecule has 2 aromatic heterocycles. The van der Waals surface area contributed by atoms with E-state index in [-0.39, 0.29) is 17.4 Å². The van der Waals surface area contributed by atoms with E-state index in [0.29, 0.717) is 12.1 Å². The lowest BCUT2D eigenvalue weighted by atomic mass is 10.2. The lowest BCUT2D eigenvalue weighted by Crippen LogP contribution is -2.30. The summed E-state index contributed by atoms with van der Waals surface area (Å²) in [6.45, 7) is 3.21. The van der Waals surface area contributed by atoms with Gasteiger partial charge >= 0.3 is 0 Å². The second-order valence-corrected chi connectivity index (χ2v) is 4.62. The summed E-state index contributed by atoms with van der Waals surface area (Å²) < 4.78 is 18.6. The second-order valence-electron chi connectivity index (χ2n) is 4.62. The molecule has 106 valence electrons. The summed E-state index contributed by atoms with van der Waals surface area (Å²) in [6.07, 6.45) is 1.70. The molecular formula is C12H14FN5O2. The number of nitrogen functional groups attached to an aromatic ring is 1. The fourth-order valence-corrected chi connectivity index (χ4v) is 1.41. The van der Waals surface area contributed by atoms with Crippen LogP contribution in [-0.4, -0.2) is 27.1 Å². The minimum Gasteiger partial charge on any atom is -0.477 e. The van der Waals surface area contributed by atoms with Gasteiger partial charge in [0.1, 0.15) is 5.82 Å². The molecule has 0 aliphatic rings. The van der Waals surface area contributed by atoms with E-state index in [1.54, 1.807) is 26.0 Å². The van der Waals surface area contributed by atoms with E-state index in [2.05, 4.69) is 20.5 Å². The van der Waals surface area contributed by atoms with E-state index in [9.17, 15) is 9.18 Å². The van der Waals surface area contributed by atoms with Gasteiger partial charge in [-0.3, -0.25) is 9.89 Å². The third-order valence-corrected chi connectivity index (χ3v) is 2.39. The summed E-state index contributed by atoms with van der Waals surface area (Å²) in [4.78, 5) is 14.8. The Balaban J connectivity index is 2.18. The summed E-state index contributed by atoms with van der Waals surface area (Å²) in [7, 11) is 0. The van der Waals surface area contributed by atoms with Gasteiger partial charge in [-0.05, 0) is 26.0 Å². The first-order valence-electron chi connectivity index (χ1n) is 5.79. The van der Waals surface area contributed by atoms with Crippen molar-refractivity contribution in [2.45, 2.75) is 19.4 Å². The Morgan fingerprint density at radius 3 is 2.80 bits per heavy atom. The molecule has 7 nitrogen and oxygen atoms in total. The molecule has 2 heterocycles. The molecule has 0 aromatic carbocycles. The summed E-state index contributed by atoms with van der Waals surface area (Å²) in [5, 5.41) is 8.66. The van der Waals surface area contributed by atoms with Gasteiger partial charge in [-0.2, -0.15) is 5.10 Å². The standard InChI is InChI=1S/C12H14FN5O2/c1-12(2,6-19)20-8-3-4-9(16-10(8)14)17-11-7(13)5-15-18-11/h3-6H,1-2H3,(H4,14,15,16,17,18). The largest absolute Gasteiger partial charge is 0.477 e. The van der Waals surface area contributed by atoms with E-state index < -0.39 is 11.4 Å². The third kappa shape index (κ3) is 3.02. The van der Waals surface area contributed by atoms with Crippen LogP contribution in [0, 0.1) is 5.82 Å². The number of halogens is 1. The lowest BCUT2D eigenvalue weighted by Gasteiger charge is -2.20. The second kappa shape index (κ2) is 5.16. The summed E-state index contributed by atoms with van der Waals surface area (Å²) in [6, 6.07) is 3.09. The number of aromatic nitrogens is 3. The van der Waals surface area contributed by atoms with Crippen LogP contribution >= 0.6 is 0 Å². The van der Waals surface area contributed by atoms with E-state index in [0.717, 1.165) is 6.20 Å². The molecule has 0 bridgehead atoms. The number of rotatable bonds is 5.